The van der Waals surface area contributed by atoms with Gasteiger partial charge in [-0.05, 0) is 32.1 Å². The molecule has 0 aliphatic carbocycles. The van der Waals surface area contributed by atoms with E-state index in [1.807, 2.05) is 0 Å². The zero-order valence-corrected chi connectivity index (χ0v) is 20.6. The minimum absolute atomic E-state index is 0.131. The molecule has 0 heterocycles. The first-order valence-electron chi connectivity index (χ1n) is 12.8. The van der Waals surface area contributed by atoms with Gasteiger partial charge in [0.2, 0.25) is 0 Å². The van der Waals surface area contributed by atoms with Crippen LogP contribution >= 0.6 is 0 Å². The van der Waals surface area contributed by atoms with E-state index in [9.17, 15) is 14.4 Å². The third kappa shape index (κ3) is 21.9. The topological polar surface area (TPSA) is 119 Å². The fraction of sp³-hybridized carbons (Fsp3) is 0.880. The number of aliphatic hydroxyl groups is 2. The Labute approximate surface area is 199 Å². The van der Waals surface area contributed by atoms with E-state index in [1.54, 1.807) is 0 Å². The lowest BCUT2D eigenvalue weighted by atomic mass is 10.1. The first-order chi connectivity index (χ1) is 16.0. The summed E-state index contributed by atoms with van der Waals surface area (Å²) in [6, 6.07) is 0. The molecule has 0 saturated carbocycles. The molecule has 8 heteroatoms. The smallest absolute Gasteiger partial charge is 0.306 e. The Morgan fingerprint density at radius 1 is 0.576 bits per heavy atom. The molecule has 2 N–H and O–H groups in total. The van der Waals surface area contributed by atoms with Gasteiger partial charge in [-0.2, -0.15) is 0 Å². The van der Waals surface area contributed by atoms with Crippen LogP contribution in [-0.2, 0) is 28.6 Å². The van der Waals surface area contributed by atoms with Gasteiger partial charge in [0.05, 0.1) is 0 Å². The SMILES string of the molecule is CCCCCCCC(=O)OCC(COC(=O)CCCCCCO)OC(=O)CCCCCCO. The number of hydrogen-bond acceptors (Lipinski definition) is 8. The Bertz CT molecular complexity index is 465. The summed E-state index contributed by atoms with van der Waals surface area (Å²) < 4.78 is 15.9. The van der Waals surface area contributed by atoms with E-state index in [0.717, 1.165) is 64.2 Å². The molecule has 0 saturated heterocycles. The van der Waals surface area contributed by atoms with Crippen LogP contribution in [0.25, 0.3) is 0 Å². The summed E-state index contributed by atoms with van der Waals surface area (Å²) in [6.45, 7) is 2.15. The number of ether oxygens (including phenoxy) is 3. The van der Waals surface area contributed by atoms with Crippen molar-refractivity contribution in [2.45, 2.75) is 116 Å². The van der Waals surface area contributed by atoms with Crippen LogP contribution in [0.5, 0.6) is 0 Å². The van der Waals surface area contributed by atoms with Crippen LogP contribution in [0, 0.1) is 0 Å². The fourth-order valence-corrected chi connectivity index (χ4v) is 3.22. The van der Waals surface area contributed by atoms with Crippen LogP contribution < -0.4 is 0 Å². The van der Waals surface area contributed by atoms with Crippen molar-refractivity contribution in [1.29, 1.82) is 0 Å². The molecular formula is C25H46O8. The lowest BCUT2D eigenvalue weighted by molar-refractivity contribution is -0.167. The molecule has 0 aromatic rings. The van der Waals surface area contributed by atoms with E-state index in [4.69, 9.17) is 24.4 Å². The lowest BCUT2D eigenvalue weighted by Gasteiger charge is -2.18. The number of hydrogen-bond donors (Lipinski definition) is 2. The van der Waals surface area contributed by atoms with Crippen molar-refractivity contribution in [1.82, 2.24) is 0 Å². The van der Waals surface area contributed by atoms with Gasteiger partial charge in [-0.3, -0.25) is 14.4 Å². The zero-order valence-electron chi connectivity index (χ0n) is 20.6. The Balaban J connectivity index is 4.37. The third-order valence-electron chi connectivity index (χ3n) is 5.22. The van der Waals surface area contributed by atoms with Crippen LogP contribution in [0.3, 0.4) is 0 Å². The first-order valence-corrected chi connectivity index (χ1v) is 12.8. The molecule has 0 aromatic heterocycles. The summed E-state index contributed by atoms with van der Waals surface area (Å²) >= 11 is 0. The predicted octanol–water partition coefficient (Wildman–Crippen LogP) is 4.23. The Morgan fingerprint density at radius 2 is 0.970 bits per heavy atom. The van der Waals surface area contributed by atoms with Gasteiger partial charge < -0.3 is 24.4 Å². The second kappa shape index (κ2) is 23.5. The summed E-state index contributed by atoms with van der Waals surface area (Å²) in [5.41, 5.74) is 0. The molecule has 0 rings (SSSR count). The van der Waals surface area contributed by atoms with Gasteiger partial charge in [-0.25, -0.2) is 0 Å². The van der Waals surface area contributed by atoms with Crippen molar-refractivity contribution in [2.75, 3.05) is 26.4 Å². The number of carbonyl (C=O) groups excluding carboxylic acids is 3. The van der Waals surface area contributed by atoms with Crippen molar-refractivity contribution >= 4 is 17.9 Å². The molecule has 0 spiro atoms. The number of unbranched alkanes of at least 4 members (excludes halogenated alkanes) is 10. The summed E-state index contributed by atoms with van der Waals surface area (Å²) in [5, 5.41) is 17.6. The predicted molar refractivity (Wildman–Crippen MR) is 126 cm³/mol. The molecule has 0 fully saturated rings. The highest BCUT2D eigenvalue weighted by Gasteiger charge is 2.19. The minimum Gasteiger partial charge on any atom is -0.462 e. The summed E-state index contributed by atoms with van der Waals surface area (Å²) in [5.74, 6) is -1.14. The van der Waals surface area contributed by atoms with E-state index in [-0.39, 0.29) is 51.2 Å². The second-order valence-corrected chi connectivity index (χ2v) is 8.42. The van der Waals surface area contributed by atoms with E-state index < -0.39 is 12.1 Å². The maximum atomic E-state index is 12.1. The largest absolute Gasteiger partial charge is 0.462 e. The van der Waals surface area contributed by atoms with Crippen molar-refractivity contribution in [3.8, 4) is 0 Å². The molecule has 0 aromatic carbocycles. The van der Waals surface area contributed by atoms with Crippen molar-refractivity contribution in [3.05, 3.63) is 0 Å². The Morgan fingerprint density at radius 3 is 1.39 bits per heavy atom. The van der Waals surface area contributed by atoms with Crippen LogP contribution in [0.4, 0.5) is 0 Å². The van der Waals surface area contributed by atoms with Gasteiger partial charge in [0.25, 0.3) is 0 Å². The highest BCUT2D eigenvalue weighted by Crippen LogP contribution is 2.09. The minimum atomic E-state index is -0.822. The van der Waals surface area contributed by atoms with Crippen molar-refractivity contribution in [2.24, 2.45) is 0 Å². The van der Waals surface area contributed by atoms with E-state index >= 15 is 0 Å². The van der Waals surface area contributed by atoms with Gasteiger partial charge in [0.15, 0.2) is 6.10 Å². The number of aliphatic hydroxyl groups excluding tert-OH is 2. The quantitative estimate of drug-likeness (QED) is 0.128. The summed E-state index contributed by atoms with van der Waals surface area (Å²) in [6.07, 6.45) is 11.2. The molecule has 8 nitrogen and oxygen atoms in total. The van der Waals surface area contributed by atoms with Crippen molar-refractivity contribution < 1.29 is 38.8 Å². The van der Waals surface area contributed by atoms with E-state index in [1.165, 1.54) is 0 Å². The monoisotopic (exact) mass is 474 g/mol. The van der Waals surface area contributed by atoms with E-state index in [2.05, 4.69) is 6.92 Å². The number of rotatable bonds is 23. The Hall–Kier alpha value is -1.67. The molecule has 1 unspecified atom stereocenters. The highest BCUT2D eigenvalue weighted by atomic mass is 16.6. The molecule has 0 radical (unpaired) electrons. The van der Waals surface area contributed by atoms with Crippen LogP contribution in [-0.4, -0.2) is 60.7 Å². The first kappa shape index (κ1) is 31.3. The lowest BCUT2D eigenvalue weighted by Crippen LogP contribution is -2.30. The van der Waals surface area contributed by atoms with Crippen LogP contribution in [0.2, 0.25) is 0 Å². The van der Waals surface area contributed by atoms with Gasteiger partial charge in [-0.15, -0.1) is 0 Å². The average molecular weight is 475 g/mol. The maximum absolute atomic E-state index is 12.1. The van der Waals surface area contributed by atoms with Gasteiger partial charge in [0.1, 0.15) is 13.2 Å². The van der Waals surface area contributed by atoms with Crippen LogP contribution in [0.1, 0.15) is 110 Å². The molecule has 0 amide bonds. The second-order valence-electron chi connectivity index (χ2n) is 8.42. The maximum Gasteiger partial charge on any atom is 0.306 e. The molecule has 0 bridgehead atoms. The zero-order chi connectivity index (χ0) is 24.6. The third-order valence-corrected chi connectivity index (χ3v) is 5.22. The summed E-state index contributed by atoms with van der Waals surface area (Å²) in [7, 11) is 0. The molecular weight excluding hydrogens is 428 g/mol. The summed E-state index contributed by atoms with van der Waals surface area (Å²) in [4.78, 5) is 36.1. The molecule has 194 valence electrons. The fourth-order valence-electron chi connectivity index (χ4n) is 3.22. The highest BCUT2D eigenvalue weighted by molar-refractivity contribution is 5.71. The van der Waals surface area contributed by atoms with Gasteiger partial charge in [-0.1, -0.05) is 58.3 Å². The standard InChI is InChI=1S/C25H46O8/c1-2-3-4-5-10-15-23(28)31-20-22(33-25(30)17-12-7-9-14-19-27)21-32-24(29)16-11-6-8-13-18-26/h22,26-27H,2-21H2,1H3. The molecule has 1 atom stereocenters. The van der Waals surface area contributed by atoms with Gasteiger partial charge >= 0.3 is 17.9 Å². The number of esters is 3. The Kier molecular flexibility index (Phi) is 22.3. The van der Waals surface area contributed by atoms with Crippen LogP contribution in [0.15, 0.2) is 0 Å². The molecule has 33 heavy (non-hydrogen) atoms. The molecule has 0 aliphatic rings. The number of carbonyl (C=O) groups is 3. The van der Waals surface area contributed by atoms with Gasteiger partial charge in [0, 0.05) is 32.5 Å². The average Bonchev–Trinajstić information content (AvgIpc) is 2.80. The normalized spacial score (nSPS) is 11.7. The van der Waals surface area contributed by atoms with E-state index in [0.29, 0.717) is 25.7 Å². The molecule has 0 aliphatic heterocycles. The van der Waals surface area contributed by atoms with Crippen molar-refractivity contribution in [3.63, 3.8) is 0 Å².